The van der Waals surface area contributed by atoms with Gasteiger partial charge < -0.3 is 10.1 Å². The monoisotopic (exact) mass is 335 g/mol. The van der Waals surface area contributed by atoms with Crippen LogP contribution in [0.1, 0.15) is 16.7 Å². The third kappa shape index (κ3) is 5.38. The summed E-state index contributed by atoms with van der Waals surface area (Å²) in [6.07, 6.45) is -0.607. The average Bonchev–Trinajstić information content (AvgIpc) is 2.64. The van der Waals surface area contributed by atoms with Gasteiger partial charge in [-0.3, -0.25) is 10.1 Å². The van der Waals surface area contributed by atoms with Gasteiger partial charge in [-0.2, -0.15) is 5.26 Å². The third-order valence-electron chi connectivity index (χ3n) is 3.08. The smallest absolute Gasteiger partial charge is 0.408 e. The Balaban J connectivity index is 1.86. The van der Waals surface area contributed by atoms with E-state index in [1.165, 1.54) is 18.2 Å². The van der Waals surface area contributed by atoms with Crippen LogP contribution < -0.4 is 5.32 Å². The number of hydrogen-bond donors (Lipinski definition) is 1. The third-order valence-corrected chi connectivity index (χ3v) is 3.08. The number of carbonyl (C=O) groups excluding carboxylic acids is 1. The van der Waals surface area contributed by atoms with E-state index >= 15 is 0 Å². The first-order valence-corrected chi connectivity index (χ1v) is 7.22. The number of ether oxygens (including phenoxy) is 1. The molecular formula is C18H13N3O4. The molecule has 2 aromatic carbocycles. The summed E-state index contributed by atoms with van der Waals surface area (Å²) < 4.78 is 5.02. The Hall–Kier alpha value is -3.84. The number of hydrogen-bond acceptors (Lipinski definition) is 5. The van der Waals surface area contributed by atoms with Crippen LogP contribution in [0, 0.1) is 33.3 Å². The summed E-state index contributed by atoms with van der Waals surface area (Å²) in [5.41, 5.74) is 0.918. The molecule has 1 amide bonds. The van der Waals surface area contributed by atoms with Crippen molar-refractivity contribution >= 4 is 11.8 Å². The topological polar surface area (TPSA) is 105 Å². The predicted molar refractivity (Wildman–Crippen MR) is 89.3 cm³/mol. The van der Waals surface area contributed by atoms with E-state index < -0.39 is 11.0 Å². The van der Waals surface area contributed by atoms with Gasteiger partial charge in [-0.15, -0.1) is 0 Å². The molecule has 0 bridgehead atoms. The lowest BCUT2D eigenvalue weighted by Crippen LogP contribution is -2.24. The van der Waals surface area contributed by atoms with Crippen molar-refractivity contribution in [1.82, 2.24) is 5.32 Å². The van der Waals surface area contributed by atoms with Crippen molar-refractivity contribution in [2.45, 2.75) is 6.61 Å². The fraction of sp³-hybridized carbons (Fsp3) is 0.111. The maximum atomic E-state index is 11.5. The standard InChI is InChI=1S/C18H13N3O4/c19-12-16-9-8-14(11-17(16)21(23)24)7-4-10-20-18(22)25-13-15-5-2-1-3-6-15/h1-3,5-6,8-9,11H,10,13H2,(H,20,22). The van der Waals surface area contributed by atoms with E-state index in [9.17, 15) is 14.9 Å². The van der Waals surface area contributed by atoms with Crippen molar-refractivity contribution in [3.05, 3.63) is 75.3 Å². The number of carbonyl (C=O) groups is 1. The van der Waals surface area contributed by atoms with Gasteiger partial charge in [0.1, 0.15) is 18.2 Å². The van der Waals surface area contributed by atoms with Gasteiger partial charge >= 0.3 is 6.09 Å². The molecule has 0 aromatic heterocycles. The van der Waals surface area contributed by atoms with Gasteiger partial charge in [0.15, 0.2) is 0 Å². The number of nitro groups is 1. The van der Waals surface area contributed by atoms with Crippen molar-refractivity contribution in [3.63, 3.8) is 0 Å². The minimum absolute atomic E-state index is 0.0292. The minimum Gasteiger partial charge on any atom is -0.445 e. The number of nitrogens with zero attached hydrogens (tertiary/aromatic N) is 2. The second kappa shape index (κ2) is 8.70. The molecule has 0 atom stereocenters. The van der Waals surface area contributed by atoms with Crippen molar-refractivity contribution in [3.8, 4) is 17.9 Å². The molecule has 0 radical (unpaired) electrons. The van der Waals surface area contributed by atoms with Gasteiger partial charge in [-0.25, -0.2) is 4.79 Å². The summed E-state index contributed by atoms with van der Waals surface area (Å²) in [7, 11) is 0. The van der Waals surface area contributed by atoms with Crippen LogP contribution in [0.2, 0.25) is 0 Å². The number of alkyl carbamates (subject to hydrolysis) is 1. The Labute approximate surface area is 144 Å². The first kappa shape index (κ1) is 17.5. The summed E-state index contributed by atoms with van der Waals surface area (Å²) >= 11 is 0. The van der Waals surface area contributed by atoms with E-state index in [0.29, 0.717) is 5.56 Å². The van der Waals surface area contributed by atoms with Crippen molar-refractivity contribution in [2.75, 3.05) is 6.54 Å². The zero-order valence-corrected chi connectivity index (χ0v) is 13.1. The highest BCUT2D eigenvalue weighted by molar-refractivity contribution is 5.67. The summed E-state index contributed by atoms with van der Waals surface area (Å²) in [5, 5.41) is 22.2. The molecule has 0 unspecified atom stereocenters. The number of benzene rings is 2. The van der Waals surface area contributed by atoms with Crippen LogP contribution in [0.25, 0.3) is 0 Å². The SMILES string of the molecule is N#Cc1ccc(C#CCNC(=O)OCc2ccccc2)cc1[N+](=O)[O-]. The van der Waals surface area contributed by atoms with Crippen LogP contribution in [-0.2, 0) is 11.3 Å². The van der Waals surface area contributed by atoms with Gasteiger partial charge in [0.25, 0.3) is 5.69 Å². The summed E-state index contributed by atoms with van der Waals surface area (Å²) in [6, 6.07) is 15.1. The van der Waals surface area contributed by atoms with Crippen LogP contribution in [-0.4, -0.2) is 17.6 Å². The maximum absolute atomic E-state index is 11.5. The van der Waals surface area contributed by atoms with E-state index in [2.05, 4.69) is 17.2 Å². The van der Waals surface area contributed by atoms with E-state index in [1.807, 2.05) is 30.3 Å². The summed E-state index contributed by atoms with van der Waals surface area (Å²) in [6.45, 7) is 0.184. The van der Waals surface area contributed by atoms with Gasteiger partial charge in [-0.1, -0.05) is 42.2 Å². The molecule has 7 nitrogen and oxygen atoms in total. The Morgan fingerprint density at radius 1 is 1.24 bits per heavy atom. The Bertz CT molecular complexity index is 877. The lowest BCUT2D eigenvalue weighted by molar-refractivity contribution is -0.385. The van der Waals surface area contributed by atoms with Crippen LogP contribution in [0.5, 0.6) is 0 Å². The van der Waals surface area contributed by atoms with Crippen LogP contribution >= 0.6 is 0 Å². The van der Waals surface area contributed by atoms with Gasteiger partial charge in [-0.05, 0) is 17.7 Å². The highest BCUT2D eigenvalue weighted by Gasteiger charge is 2.13. The molecule has 0 aliphatic heterocycles. The summed E-state index contributed by atoms with van der Waals surface area (Å²) in [5.74, 6) is 5.35. The number of amides is 1. The quantitative estimate of drug-likeness (QED) is 0.525. The maximum Gasteiger partial charge on any atom is 0.408 e. The van der Waals surface area contributed by atoms with E-state index in [0.717, 1.165) is 5.56 Å². The molecular weight excluding hydrogens is 322 g/mol. The van der Waals surface area contributed by atoms with Gasteiger partial charge in [0.05, 0.1) is 11.5 Å². The number of nitriles is 1. The fourth-order valence-electron chi connectivity index (χ4n) is 1.89. The van der Waals surface area contributed by atoms with Crippen molar-refractivity contribution < 1.29 is 14.5 Å². The molecule has 0 aliphatic carbocycles. The molecule has 2 rings (SSSR count). The molecule has 25 heavy (non-hydrogen) atoms. The fourth-order valence-corrected chi connectivity index (χ4v) is 1.89. The highest BCUT2D eigenvalue weighted by atomic mass is 16.6. The van der Waals surface area contributed by atoms with Crippen LogP contribution in [0.4, 0.5) is 10.5 Å². The predicted octanol–water partition coefficient (Wildman–Crippen LogP) is 2.74. The highest BCUT2D eigenvalue weighted by Crippen LogP contribution is 2.18. The Morgan fingerprint density at radius 3 is 2.68 bits per heavy atom. The van der Waals surface area contributed by atoms with E-state index in [4.69, 9.17) is 10.00 Å². The number of nitrogens with one attached hydrogen (secondary N) is 1. The van der Waals surface area contributed by atoms with Gasteiger partial charge in [0.2, 0.25) is 0 Å². The molecule has 0 aliphatic rings. The first-order chi connectivity index (χ1) is 12.1. The summed E-state index contributed by atoms with van der Waals surface area (Å²) in [4.78, 5) is 21.8. The second-order valence-electron chi connectivity index (χ2n) is 4.82. The lowest BCUT2D eigenvalue weighted by Gasteiger charge is -2.04. The van der Waals surface area contributed by atoms with E-state index in [1.54, 1.807) is 6.07 Å². The second-order valence-corrected chi connectivity index (χ2v) is 4.82. The van der Waals surface area contributed by atoms with Crippen LogP contribution in [0.15, 0.2) is 48.5 Å². The minimum atomic E-state index is -0.636. The van der Waals surface area contributed by atoms with Crippen molar-refractivity contribution in [2.24, 2.45) is 0 Å². The molecule has 7 heteroatoms. The molecule has 0 spiro atoms. The first-order valence-electron chi connectivity index (χ1n) is 7.22. The molecule has 1 N–H and O–H groups in total. The molecule has 124 valence electrons. The largest absolute Gasteiger partial charge is 0.445 e. The Kier molecular flexibility index (Phi) is 6.10. The average molecular weight is 335 g/mol. The van der Waals surface area contributed by atoms with Crippen molar-refractivity contribution in [1.29, 1.82) is 5.26 Å². The molecule has 2 aromatic rings. The van der Waals surface area contributed by atoms with E-state index in [-0.39, 0.29) is 24.4 Å². The van der Waals surface area contributed by atoms with Gasteiger partial charge in [0, 0.05) is 11.6 Å². The van der Waals surface area contributed by atoms with Crippen LogP contribution in [0.3, 0.4) is 0 Å². The number of rotatable bonds is 4. The zero-order valence-electron chi connectivity index (χ0n) is 13.1. The Morgan fingerprint density at radius 2 is 2.00 bits per heavy atom. The normalized spacial score (nSPS) is 9.24. The number of nitro benzene ring substituents is 1. The lowest BCUT2D eigenvalue weighted by atomic mass is 10.1. The molecule has 0 fully saturated rings. The molecule has 0 saturated heterocycles. The molecule has 0 saturated carbocycles. The zero-order chi connectivity index (χ0) is 18.1. The molecule has 0 heterocycles.